The minimum atomic E-state index is -0.734. The van der Waals surface area contributed by atoms with E-state index in [1.54, 1.807) is 6.08 Å². The molecular weight excluding hydrogens is 224 g/mol. The number of carbonyl (C=O) groups excluding carboxylic acids is 1. The highest BCUT2D eigenvalue weighted by Crippen LogP contribution is 2.23. The van der Waals surface area contributed by atoms with E-state index in [1.807, 2.05) is 13.8 Å². The van der Waals surface area contributed by atoms with Crippen LogP contribution < -0.4 is 0 Å². The predicted molar refractivity (Wildman–Crippen MR) is 76.1 cm³/mol. The third kappa shape index (κ3) is 6.49. The number of carbonyl (C=O) groups is 1. The lowest BCUT2D eigenvalue weighted by molar-refractivity contribution is -0.150. The fraction of sp³-hybridized carbons (Fsp3) is 0.688. The lowest BCUT2D eigenvalue weighted by Gasteiger charge is -2.19. The molecule has 0 saturated carbocycles. The maximum atomic E-state index is 11.8. The molecule has 0 rings (SSSR count). The Morgan fingerprint density at radius 3 is 2.61 bits per heavy atom. The molecule has 0 aromatic rings. The number of ether oxygens (including phenoxy) is 1. The van der Waals surface area contributed by atoms with Gasteiger partial charge >= 0.3 is 5.97 Å². The first kappa shape index (κ1) is 16.8. The van der Waals surface area contributed by atoms with Gasteiger partial charge in [-0.1, -0.05) is 38.2 Å². The second-order valence-corrected chi connectivity index (χ2v) is 4.66. The number of hydrogen-bond donors (Lipinski definition) is 0. The fourth-order valence-electron chi connectivity index (χ4n) is 1.66. The van der Waals surface area contributed by atoms with Crippen LogP contribution in [0.1, 0.15) is 59.3 Å². The Balaban J connectivity index is 4.37. The molecule has 0 aliphatic rings. The molecule has 2 heteroatoms. The van der Waals surface area contributed by atoms with Gasteiger partial charge in [-0.25, -0.2) is 0 Å². The minimum Gasteiger partial charge on any atom is -0.465 e. The average molecular weight is 250 g/mol. The first-order valence-corrected chi connectivity index (χ1v) is 6.88. The van der Waals surface area contributed by atoms with E-state index in [1.165, 1.54) is 19.3 Å². The Hall–Kier alpha value is -1.23. The van der Waals surface area contributed by atoms with E-state index in [9.17, 15) is 4.79 Å². The summed E-state index contributed by atoms with van der Waals surface area (Å²) in [6.07, 6.45) is 7.91. The van der Waals surface area contributed by atoms with Crippen LogP contribution in [0.2, 0.25) is 0 Å². The summed E-state index contributed by atoms with van der Waals surface area (Å²) in [6, 6.07) is 0. The molecule has 0 aromatic carbocycles. The van der Waals surface area contributed by atoms with Crippen molar-refractivity contribution in [2.45, 2.75) is 59.3 Å². The van der Waals surface area contributed by atoms with Gasteiger partial charge in [-0.05, 0) is 26.7 Å². The van der Waals surface area contributed by atoms with Crippen LogP contribution in [0.15, 0.2) is 12.7 Å². The molecule has 2 nitrogen and oxygen atoms in total. The zero-order chi connectivity index (χ0) is 13.9. The van der Waals surface area contributed by atoms with Gasteiger partial charge in [-0.3, -0.25) is 4.79 Å². The molecular formula is C16H26O2. The predicted octanol–water partition coefficient (Wildman–Crippen LogP) is 4.11. The molecule has 0 fully saturated rings. The van der Waals surface area contributed by atoms with Gasteiger partial charge in [-0.2, -0.15) is 0 Å². The van der Waals surface area contributed by atoms with Gasteiger partial charge in [0.25, 0.3) is 0 Å². The van der Waals surface area contributed by atoms with Crippen molar-refractivity contribution in [3.8, 4) is 11.8 Å². The number of rotatable bonds is 8. The summed E-state index contributed by atoms with van der Waals surface area (Å²) < 4.78 is 5.07. The molecule has 0 heterocycles. The van der Waals surface area contributed by atoms with E-state index >= 15 is 0 Å². The Kier molecular flexibility index (Phi) is 9.10. The van der Waals surface area contributed by atoms with Crippen molar-refractivity contribution < 1.29 is 9.53 Å². The normalized spacial score (nSPS) is 13.1. The summed E-state index contributed by atoms with van der Waals surface area (Å²) in [7, 11) is 0. The standard InChI is InChI=1S/C16H26O2/c1-5-8-9-10-11-12-14-16(4,13-6-2)15(17)18-7-3/h6H,2,5,7-11,13H2,1,3-4H3. The van der Waals surface area contributed by atoms with Crippen molar-refractivity contribution in [1.82, 2.24) is 0 Å². The van der Waals surface area contributed by atoms with Gasteiger partial charge in [0.2, 0.25) is 0 Å². The third-order valence-corrected chi connectivity index (χ3v) is 2.80. The van der Waals surface area contributed by atoms with Gasteiger partial charge in [0.1, 0.15) is 5.41 Å². The maximum absolute atomic E-state index is 11.8. The topological polar surface area (TPSA) is 26.3 Å². The van der Waals surface area contributed by atoms with Crippen LogP contribution in [-0.2, 0) is 9.53 Å². The molecule has 0 radical (unpaired) electrons. The minimum absolute atomic E-state index is 0.244. The molecule has 18 heavy (non-hydrogen) atoms. The lowest BCUT2D eigenvalue weighted by atomic mass is 9.87. The smallest absolute Gasteiger partial charge is 0.324 e. The second kappa shape index (κ2) is 9.76. The number of hydrogen-bond acceptors (Lipinski definition) is 2. The highest BCUT2D eigenvalue weighted by atomic mass is 16.5. The average Bonchev–Trinajstić information content (AvgIpc) is 2.34. The Morgan fingerprint density at radius 2 is 2.06 bits per heavy atom. The SMILES string of the molecule is C=CCC(C)(C#CCCCCCC)C(=O)OCC. The molecule has 0 amide bonds. The largest absolute Gasteiger partial charge is 0.465 e. The summed E-state index contributed by atoms with van der Waals surface area (Å²) in [5.74, 6) is 5.93. The third-order valence-electron chi connectivity index (χ3n) is 2.80. The molecule has 0 bridgehead atoms. The van der Waals surface area contributed by atoms with Crippen molar-refractivity contribution in [3.63, 3.8) is 0 Å². The zero-order valence-corrected chi connectivity index (χ0v) is 12.1. The summed E-state index contributed by atoms with van der Waals surface area (Å²) in [5.41, 5.74) is -0.734. The van der Waals surface area contributed by atoms with Crippen molar-refractivity contribution in [3.05, 3.63) is 12.7 Å². The van der Waals surface area contributed by atoms with Crippen molar-refractivity contribution in [2.75, 3.05) is 6.61 Å². The molecule has 0 N–H and O–H groups in total. The Labute approximate surface area is 112 Å². The summed E-state index contributed by atoms with van der Waals surface area (Å²) in [4.78, 5) is 11.8. The van der Waals surface area contributed by atoms with E-state index in [0.717, 1.165) is 12.8 Å². The van der Waals surface area contributed by atoms with Gasteiger partial charge < -0.3 is 4.74 Å². The molecule has 1 unspecified atom stereocenters. The number of esters is 1. The number of allylic oxidation sites excluding steroid dienone is 1. The Morgan fingerprint density at radius 1 is 1.33 bits per heavy atom. The van der Waals surface area contributed by atoms with Crippen LogP contribution in [-0.4, -0.2) is 12.6 Å². The molecule has 102 valence electrons. The second-order valence-electron chi connectivity index (χ2n) is 4.66. The summed E-state index contributed by atoms with van der Waals surface area (Å²) in [6.45, 7) is 9.90. The van der Waals surface area contributed by atoms with Crippen molar-refractivity contribution >= 4 is 5.97 Å². The van der Waals surface area contributed by atoms with E-state index < -0.39 is 5.41 Å². The highest BCUT2D eigenvalue weighted by molar-refractivity contribution is 5.80. The molecule has 1 atom stereocenters. The van der Waals surface area contributed by atoms with E-state index in [2.05, 4.69) is 25.3 Å². The monoisotopic (exact) mass is 250 g/mol. The fourth-order valence-corrected chi connectivity index (χ4v) is 1.66. The first-order valence-electron chi connectivity index (χ1n) is 6.88. The maximum Gasteiger partial charge on any atom is 0.324 e. The van der Waals surface area contributed by atoms with Gasteiger partial charge in [0, 0.05) is 6.42 Å². The lowest BCUT2D eigenvalue weighted by Crippen LogP contribution is -2.28. The van der Waals surface area contributed by atoms with Crippen LogP contribution in [0, 0.1) is 17.3 Å². The van der Waals surface area contributed by atoms with E-state index in [0.29, 0.717) is 13.0 Å². The first-order chi connectivity index (χ1) is 8.60. The van der Waals surface area contributed by atoms with Crippen LogP contribution >= 0.6 is 0 Å². The Bertz CT molecular complexity index is 309. The van der Waals surface area contributed by atoms with Crippen LogP contribution in [0.4, 0.5) is 0 Å². The van der Waals surface area contributed by atoms with Crippen LogP contribution in [0.5, 0.6) is 0 Å². The van der Waals surface area contributed by atoms with Gasteiger partial charge in [-0.15, -0.1) is 12.5 Å². The van der Waals surface area contributed by atoms with Crippen LogP contribution in [0.3, 0.4) is 0 Å². The molecule has 0 aliphatic carbocycles. The molecule has 0 spiro atoms. The van der Waals surface area contributed by atoms with E-state index in [4.69, 9.17) is 4.74 Å². The van der Waals surface area contributed by atoms with E-state index in [-0.39, 0.29) is 5.97 Å². The molecule has 0 aromatic heterocycles. The zero-order valence-electron chi connectivity index (χ0n) is 12.1. The van der Waals surface area contributed by atoms with Crippen molar-refractivity contribution in [2.24, 2.45) is 5.41 Å². The summed E-state index contributed by atoms with van der Waals surface area (Å²) >= 11 is 0. The molecule has 0 saturated heterocycles. The highest BCUT2D eigenvalue weighted by Gasteiger charge is 2.31. The molecule has 0 aliphatic heterocycles. The summed E-state index contributed by atoms with van der Waals surface area (Å²) in [5, 5.41) is 0. The van der Waals surface area contributed by atoms with Crippen molar-refractivity contribution in [1.29, 1.82) is 0 Å². The quantitative estimate of drug-likeness (QED) is 0.280. The van der Waals surface area contributed by atoms with Crippen LogP contribution in [0.25, 0.3) is 0 Å². The van der Waals surface area contributed by atoms with Gasteiger partial charge in [0.15, 0.2) is 0 Å². The van der Waals surface area contributed by atoms with Gasteiger partial charge in [0.05, 0.1) is 6.61 Å². The number of unbranched alkanes of at least 4 members (excludes halogenated alkanes) is 4.